The van der Waals surface area contributed by atoms with Crippen molar-refractivity contribution in [3.63, 3.8) is 0 Å². The van der Waals surface area contributed by atoms with Crippen molar-refractivity contribution < 1.29 is 9.53 Å². The monoisotopic (exact) mass is 282 g/mol. The lowest BCUT2D eigenvalue weighted by molar-refractivity contribution is -0.146. The van der Waals surface area contributed by atoms with E-state index >= 15 is 0 Å². The highest BCUT2D eigenvalue weighted by Gasteiger charge is 2.42. The second-order valence-corrected chi connectivity index (χ2v) is 5.23. The van der Waals surface area contributed by atoms with Gasteiger partial charge < -0.3 is 4.74 Å². The molecule has 0 bridgehead atoms. The third-order valence-electron chi connectivity index (χ3n) is 3.97. The summed E-state index contributed by atoms with van der Waals surface area (Å²) < 4.78 is 5.18. The van der Waals surface area contributed by atoms with Crippen LogP contribution in [0.15, 0.2) is 60.7 Å². The molecule has 2 rings (SSSR count). The highest BCUT2D eigenvalue weighted by atomic mass is 16.5. The van der Waals surface area contributed by atoms with Gasteiger partial charge in [-0.3, -0.25) is 4.79 Å². The molecule has 0 heterocycles. The van der Waals surface area contributed by atoms with E-state index in [1.54, 1.807) is 0 Å². The summed E-state index contributed by atoms with van der Waals surface area (Å²) in [6.07, 6.45) is 2.77. The largest absolute Gasteiger partial charge is 0.468 e. The molecule has 0 saturated carbocycles. The summed E-state index contributed by atoms with van der Waals surface area (Å²) in [5.41, 5.74) is 1.28. The number of rotatable bonds is 6. The van der Waals surface area contributed by atoms with Gasteiger partial charge in [-0.15, -0.1) is 0 Å². The fourth-order valence-corrected chi connectivity index (χ4v) is 2.85. The molecule has 0 aliphatic rings. The second kappa shape index (κ2) is 7.07. The minimum atomic E-state index is -0.715. The Morgan fingerprint density at radius 3 is 1.81 bits per heavy atom. The number of hydrogen-bond donors (Lipinski definition) is 0. The molecule has 0 aliphatic heterocycles. The number of esters is 1. The van der Waals surface area contributed by atoms with Crippen LogP contribution in [0.5, 0.6) is 0 Å². The van der Waals surface area contributed by atoms with Gasteiger partial charge in [-0.1, -0.05) is 80.4 Å². The topological polar surface area (TPSA) is 26.3 Å². The third-order valence-corrected chi connectivity index (χ3v) is 3.97. The Kier molecular flexibility index (Phi) is 5.15. The van der Waals surface area contributed by atoms with Crippen molar-refractivity contribution in [3.05, 3.63) is 71.8 Å². The van der Waals surface area contributed by atoms with E-state index in [-0.39, 0.29) is 5.97 Å². The van der Waals surface area contributed by atoms with Crippen LogP contribution >= 0.6 is 0 Å². The van der Waals surface area contributed by atoms with Crippen LogP contribution in [0.2, 0.25) is 0 Å². The van der Waals surface area contributed by atoms with Gasteiger partial charge in [-0.05, 0) is 17.5 Å². The third kappa shape index (κ3) is 2.99. The minimum Gasteiger partial charge on any atom is -0.468 e. The summed E-state index contributed by atoms with van der Waals surface area (Å²) in [5.74, 6) is -0.187. The van der Waals surface area contributed by atoms with E-state index in [1.807, 2.05) is 60.7 Å². The number of benzene rings is 2. The zero-order chi connectivity index (χ0) is 15.1. The SMILES string of the molecule is CCCCC(C(=O)OC)(c1ccccc1)c1ccccc1. The zero-order valence-corrected chi connectivity index (χ0v) is 12.7. The van der Waals surface area contributed by atoms with Crippen molar-refractivity contribution in [2.75, 3.05) is 7.11 Å². The van der Waals surface area contributed by atoms with Crippen molar-refractivity contribution in [2.45, 2.75) is 31.6 Å². The van der Waals surface area contributed by atoms with Crippen LogP contribution in [0.1, 0.15) is 37.3 Å². The first-order valence-corrected chi connectivity index (χ1v) is 7.45. The van der Waals surface area contributed by atoms with E-state index in [2.05, 4.69) is 6.92 Å². The Morgan fingerprint density at radius 1 is 0.952 bits per heavy atom. The molecule has 0 atom stereocenters. The molecule has 0 spiro atoms. The van der Waals surface area contributed by atoms with E-state index in [9.17, 15) is 4.79 Å². The fraction of sp³-hybridized carbons (Fsp3) is 0.316. The molecule has 0 unspecified atom stereocenters. The predicted octanol–water partition coefficient (Wildman–Crippen LogP) is 4.34. The van der Waals surface area contributed by atoms with Gasteiger partial charge in [0.15, 0.2) is 0 Å². The zero-order valence-electron chi connectivity index (χ0n) is 12.7. The summed E-state index contributed by atoms with van der Waals surface area (Å²) >= 11 is 0. The van der Waals surface area contributed by atoms with Gasteiger partial charge in [-0.2, -0.15) is 0 Å². The van der Waals surface area contributed by atoms with Crippen molar-refractivity contribution in [2.24, 2.45) is 0 Å². The Labute approximate surface area is 126 Å². The highest BCUT2D eigenvalue weighted by Crippen LogP contribution is 2.38. The molecule has 2 aromatic rings. The van der Waals surface area contributed by atoms with E-state index in [4.69, 9.17) is 4.74 Å². The van der Waals surface area contributed by atoms with Crippen LogP contribution in [-0.4, -0.2) is 13.1 Å². The van der Waals surface area contributed by atoms with Gasteiger partial charge in [0.1, 0.15) is 5.41 Å². The molecule has 0 radical (unpaired) electrons. The lowest BCUT2D eigenvalue weighted by atomic mass is 9.71. The molecule has 0 aliphatic carbocycles. The number of hydrogen-bond acceptors (Lipinski definition) is 2. The summed E-state index contributed by atoms with van der Waals surface area (Å²) in [6, 6.07) is 19.9. The van der Waals surface area contributed by atoms with E-state index in [0.717, 1.165) is 30.4 Å². The Hall–Kier alpha value is -2.09. The molecule has 0 amide bonds. The average Bonchev–Trinajstić information content (AvgIpc) is 2.57. The van der Waals surface area contributed by atoms with Crippen molar-refractivity contribution in [1.29, 1.82) is 0 Å². The molecule has 0 saturated heterocycles. The maximum Gasteiger partial charge on any atom is 0.320 e. The quantitative estimate of drug-likeness (QED) is 0.737. The average molecular weight is 282 g/mol. The minimum absolute atomic E-state index is 0.187. The number of ether oxygens (including phenoxy) is 1. The summed E-state index contributed by atoms with van der Waals surface area (Å²) in [7, 11) is 1.47. The van der Waals surface area contributed by atoms with Crippen molar-refractivity contribution in [3.8, 4) is 0 Å². The van der Waals surface area contributed by atoms with Crippen LogP contribution in [0.25, 0.3) is 0 Å². The lowest BCUT2D eigenvalue weighted by Crippen LogP contribution is -2.38. The molecule has 2 heteroatoms. The molecule has 21 heavy (non-hydrogen) atoms. The summed E-state index contributed by atoms with van der Waals surface area (Å²) in [6.45, 7) is 2.14. The first-order chi connectivity index (χ1) is 10.3. The molecule has 0 fully saturated rings. The summed E-state index contributed by atoms with van der Waals surface area (Å²) in [4.78, 5) is 12.7. The van der Waals surface area contributed by atoms with E-state index in [0.29, 0.717) is 0 Å². The molecule has 0 N–H and O–H groups in total. The predicted molar refractivity (Wildman–Crippen MR) is 85.2 cm³/mol. The smallest absolute Gasteiger partial charge is 0.320 e. The van der Waals surface area contributed by atoms with Crippen LogP contribution in [0, 0.1) is 0 Å². The van der Waals surface area contributed by atoms with Crippen LogP contribution in [0.3, 0.4) is 0 Å². The van der Waals surface area contributed by atoms with Crippen molar-refractivity contribution >= 4 is 5.97 Å². The number of carbonyl (C=O) groups excluding carboxylic acids is 1. The maximum absolute atomic E-state index is 12.7. The highest BCUT2D eigenvalue weighted by molar-refractivity contribution is 5.87. The molecular formula is C19H22O2. The molecular weight excluding hydrogens is 260 g/mol. The van der Waals surface area contributed by atoms with Crippen LogP contribution in [0.4, 0.5) is 0 Å². The fourth-order valence-electron chi connectivity index (χ4n) is 2.85. The first kappa shape index (κ1) is 15.3. The number of carbonyl (C=O) groups is 1. The first-order valence-electron chi connectivity index (χ1n) is 7.45. The Balaban J connectivity index is 2.62. The second-order valence-electron chi connectivity index (χ2n) is 5.23. The van der Waals surface area contributed by atoms with Gasteiger partial charge in [0.05, 0.1) is 7.11 Å². The van der Waals surface area contributed by atoms with E-state index in [1.165, 1.54) is 7.11 Å². The lowest BCUT2D eigenvalue weighted by Gasteiger charge is -2.32. The van der Waals surface area contributed by atoms with Gasteiger partial charge in [-0.25, -0.2) is 0 Å². The Bertz CT molecular complexity index is 521. The number of unbranched alkanes of at least 4 members (excludes halogenated alkanes) is 1. The maximum atomic E-state index is 12.7. The Morgan fingerprint density at radius 2 is 1.43 bits per heavy atom. The van der Waals surface area contributed by atoms with Gasteiger partial charge in [0, 0.05) is 0 Å². The van der Waals surface area contributed by atoms with Crippen LogP contribution in [-0.2, 0) is 14.9 Å². The summed E-state index contributed by atoms with van der Waals surface area (Å²) in [5, 5.41) is 0. The molecule has 0 aromatic heterocycles. The van der Waals surface area contributed by atoms with Gasteiger partial charge in [0.2, 0.25) is 0 Å². The standard InChI is InChI=1S/C19H22O2/c1-3-4-15-19(18(20)21-2,16-11-7-5-8-12-16)17-13-9-6-10-14-17/h5-14H,3-4,15H2,1-2H3. The normalized spacial score (nSPS) is 11.1. The molecule has 110 valence electrons. The molecule has 2 aromatic carbocycles. The van der Waals surface area contributed by atoms with Crippen LogP contribution < -0.4 is 0 Å². The van der Waals surface area contributed by atoms with Gasteiger partial charge in [0.25, 0.3) is 0 Å². The van der Waals surface area contributed by atoms with Gasteiger partial charge >= 0.3 is 5.97 Å². The van der Waals surface area contributed by atoms with E-state index < -0.39 is 5.41 Å². The number of methoxy groups -OCH3 is 1. The van der Waals surface area contributed by atoms with Crippen molar-refractivity contribution in [1.82, 2.24) is 0 Å². The molecule has 2 nitrogen and oxygen atoms in total.